The highest BCUT2D eigenvalue weighted by Gasteiger charge is 2.36. The third kappa shape index (κ3) is 5.96. The first-order valence-corrected chi connectivity index (χ1v) is 12.4. The number of nitrogens with zero attached hydrogens (tertiary/aromatic N) is 2. The van der Waals surface area contributed by atoms with Gasteiger partial charge in [0.1, 0.15) is 17.3 Å². The molecule has 39 heavy (non-hydrogen) atoms. The van der Waals surface area contributed by atoms with E-state index in [1.807, 2.05) is 0 Å². The van der Waals surface area contributed by atoms with Crippen molar-refractivity contribution in [3.05, 3.63) is 71.4 Å². The number of aromatic nitrogens is 1. The van der Waals surface area contributed by atoms with Crippen LogP contribution in [0.3, 0.4) is 0 Å². The number of pyridine rings is 1. The van der Waals surface area contributed by atoms with E-state index in [1.165, 1.54) is 36.4 Å². The van der Waals surface area contributed by atoms with Crippen LogP contribution < -0.4 is 14.4 Å². The maximum Gasteiger partial charge on any atom is 0.573 e. The van der Waals surface area contributed by atoms with Gasteiger partial charge < -0.3 is 24.6 Å². The van der Waals surface area contributed by atoms with Crippen LogP contribution in [0.25, 0.3) is 0 Å². The van der Waals surface area contributed by atoms with Gasteiger partial charge in [-0.05, 0) is 67.2 Å². The topological polar surface area (TPSA) is 94.9 Å². The van der Waals surface area contributed by atoms with Gasteiger partial charge in [0, 0.05) is 10.5 Å². The Kier molecular flexibility index (Phi) is 7.29. The Morgan fingerprint density at radius 1 is 1.08 bits per heavy atom. The number of hydrogen-bond acceptors (Lipinski definition) is 6. The molecule has 1 aliphatic rings. The summed E-state index contributed by atoms with van der Waals surface area (Å²) in [6.07, 6.45) is -9.57. The molecule has 2 unspecified atom stereocenters. The molecule has 3 N–H and O–H groups in total. The van der Waals surface area contributed by atoms with Crippen LogP contribution >= 0.6 is 10.7 Å². The van der Waals surface area contributed by atoms with Gasteiger partial charge in [0.2, 0.25) is 0 Å². The maximum atomic E-state index is 13.4. The normalized spacial score (nSPS) is 15.9. The molecule has 2 heterocycles. The van der Waals surface area contributed by atoms with Crippen LogP contribution in [0.2, 0.25) is 0 Å². The van der Waals surface area contributed by atoms with E-state index in [2.05, 4.69) is 15.0 Å². The summed E-state index contributed by atoms with van der Waals surface area (Å²) < 4.78 is 83.6. The van der Waals surface area contributed by atoms with Crippen molar-refractivity contribution in [3.8, 4) is 5.75 Å². The lowest BCUT2D eigenvalue weighted by atomic mass is 9.95. The quantitative estimate of drug-likeness (QED) is 0.240. The smallest absolute Gasteiger partial charge is 0.479 e. The molecule has 14 heteroatoms. The Bertz CT molecular complexity index is 1440. The van der Waals surface area contributed by atoms with Crippen molar-refractivity contribution in [2.45, 2.75) is 43.4 Å². The standard InChI is InChI=1S/C25H21F6N3O4S/c1-3-39(17-8-6-16(7-9-17)38-25(29,30)31)34-13-14-4-11-20(24(26,27)28)33-21(14)32-18-10-5-15(12-19(18)34)23(2,37)22(35)36/h3-12,37H,13H2,1-2H3,(H,32,33)(H,35,36). The van der Waals surface area contributed by atoms with E-state index in [4.69, 9.17) is 0 Å². The van der Waals surface area contributed by atoms with Gasteiger partial charge in [-0.1, -0.05) is 22.8 Å². The third-order valence-corrected chi connectivity index (χ3v) is 7.84. The molecule has 0 saturated heterocycles. The summed E-state index contributed by atoms with van der Waals surface area (Å²) in [5.74, 6) is -2.02. The van der Waals surface area contributed by atoms with Crippen molar-refractivity contribution in [3.63, 3.8) is 0 Å². The summed E-state index contributed by atoms with van der Waals surface area (Å²) in [4.78, 5) is 16.0. The van der Waals surface area contributed by atoms with Crippen LogP contribution in [0, 0.1) is 0 Å². The minimum absolute atomic E-state index is 0.00373. The predicted octanol–water partition coefficient (Wildman–Crippen LogP) is 6.42. The summed E-state index contributed by atoms with van der Waals surface area (Å²) in [6, 6.07) is 11.4. The Labute approximate surface area is 220 Å². The highest BCUT2D eigenvalue weighted by Crippen LogP contribution is 2.46. The average Bonchev–Trinajstić information content (AvgIpc) is 3.00. The number of aliphatic hydroxyl groups is 1. The summed E-state index contributed by atoms with van der Waals surface area (Å²) in [5, 5.41) is 24.7. The van der Waals surface area contributed by atoms with E-state index < -0.39 is 46.2 Å². The molecule has 7 nitrogen and oxygen atoms in total. The number of aliphatic carboxylic acids is 1. The number of fused-ring (bicyclic) bond motifs is 2. The SMILES string of the molecule is C/C=S(\c1ccc(OC(F)(F)F)cc1)N1Cc2ccc(C(F)(F)F)nc2Nc2ccc(C(C)(O)C(=O)O)cc21. The van der Waals surface area contributed by atoms with Gasteiger partial charge in [-0.3, -0.25) is 0 Å². The molecule has 0 spiro atoms. The zero-order valence-electron chi connectivity index (χ0n) is 20.3. The Balaban J connectivity index is 1.86. The van der Waals surface area contributed by atoms with E-state index in [-0.39, 0.29) is 23.6 Å². The number of hydrogen-bond donors (Lipinski definition) is 3. The lowest BCUT2D eigenvalue weighted by Gasteiger charge is -2.30. The van der Waals surface area contributed by atoms with E-state index in [9.17, 15) is 41.4 Å². The van der Waals surface area contributed by atoms with Gasteiger partial charge in [0.05, 0.1) is 17.9 Å². The van der Waals surface area contributed by atoms with Gasteiger partial charge in [0.25, 0.3) is 0 Å². The number of ether oxygens (including phenoxy) is 1. The Hall–Kier alpha value is -3.78. The largest absolute Gasteiger partial charge is 0.573 e. The summed E-state index contributed by atoms with van der Waals surface area (Å²) in [6.45, 7) is 2.78. The van der Waals surface area contributed by atoms with Crippen LogP contribution in [0.4, 0.5) is 43.5 Å². The molecule has 4 rings (SSSR count). The molecule has 208 valence electrons. The molecular formula is C25H21F6N3O4S. The first-order valence-electron chi connectivity index (χ1n) is 11.2. The van der Waals surface area contributed by atoms with E-state index in [0.717, 1.165) is 25.1 Å². The van der Waals surface area contributed by atoms with Gasteiger partial charge in [-0.25, -0.2) is 9.78 Å². The van der Waals surface area contributed by atoms with E-state index >= 15 is 0 Å². The molecule has 1 aromatic heterocycles. The van der Waals surface area contributed by atoms with Crippen molar-refractivity contribution in [2.75, 3.05) is 9.62 Å². The summed E-state index contributed by atoms with van der Waals surface area (Å²) in [5.41, 5.74) is -2.41. The van der Waals surface area contributed by atoms with Crippen molar-refractivity contribution in [1.29, 1.82) is 0 Å². The average molecular weight is 574 g/mol. The number of rotatable bonds is 5. The number of alkyl halides is 6. The van der Waals surface area contributed by atoms with Crippen molar-refractivity contribution in [2.24, 2.45) is 0 Å². The second kappa shape index (κ2) is 10.1. The van der Waals surface area contributed by atoms with Gasteiger partial charge in [-0.15, -0.1) is 13.2 Å². The number of benzene rings is 2. The molecule has 2 aromatic carbocycles. The number of carbonyl (C=O) groups is 1. The van der Waals surface area contributed by atoms with Gasteiger partial charge in [-0.2, -0.15) is 13.2 Å². The van der Waals surface area contributed by atoms with Crippen LogP contribution in [-0.4, -0.2) is 32.9 Å². The molecule has 0 radical (unpaired) electrons. The number of anilines is 3. The van der Waals surface area contributed by atoms with Crippen LogP contribution in [0.1, 0.15) is 30.7 Å². The fourth-order valence-corrected chi connectivity index (χ4v) is 5.70. The molecular weight excluding hydrogens is 552 g/mol. The van der Waals surface area contributed by atoms with Crippen molar-refractivity contribution < 1.29 is 46.1 Å². The van der Waals surface area contributed by atoms with Gasteiger partial charge in [0.15, 0.2) is 5.60 Å². The van der Waals surface area contributed by atoms with E-state index in [1.54, 1.807) is 16.6 Å². The Morgan fingerprint density at radius 2 is 1.74 bits per heavy atom. The lowest BCUT2D eigenvalue weighted by Crippen LogP contribution is -2.32. The second-order valence-electron chi connectivity index (χ2n) is 8.54. The minimum Gasteiger partial charge on any atom is -0.479 e. The highest BCUT2D eigenvalue weighted by atomic mass is 32.2. The zero-order valence-corrected chi connectivity index (χ0v) is 21.1. The second-order valence-corrected chi connectivity index (χ2v) is 10.6. The molecule has 0 bridgehead atoms. The zero-order chi connectivity index (χ0) is 28.8. The molecule has 1 aliphatic heterocycles. The molecule has 0 fully saturated rings. The number of carboxylic acid groups (broad SMARTS) is 1. The number of halogens is 6. The van der Waals surface area contributed by atoms with Crippen molar-refractivity contribution in [1.82, 2.24) is 4.98 Å². The van der Waals surface area contributed by atoms with Crippen LogP contribution in [0.5, 0.6) is 5.75 Å². The Morgan fingerprint density at radius 3 is 2.31 bits per heavy atom. The third-order valence-electron chi connectivity index (χ3n) is 5.84. The highest BCUT2D eigenvalue weighted by molar-refractivity contribution is 8.16. The first-order chi connectivity index (χ1) is 18.1. The monoisotopic (exact) mass is 573 g/mol. The van der Waals surface area contributed by atoms with Crippen LogP contribution in [0.15, 0.2) is 59.5 Å². The first kappa shape index (κ1) is 28.2. The summed E-state index contributed by atoms with van der Waals surface area (Å²) >= 11 is 0. The molecule has 0 aliphatic carbocycles. The molecule has 0 saturated carbocycles. The number of nitrogens with one attached hydrogen (secondary N) is 1. The lowest BCUT2D eigenvalue weighted by molar-refractivity contribution is -0.274. The predicted molar refractivity (Wildman–Crippen MR) is 133 cm³/mol. The fourth-order valence-electron chi connectivity index (χ4n) is 3.87. The van der Waals surface area contributed by atoms with Gasteiger partial charge >= 0.3 is 18.5 Å². The minimum atomic E-state index is -4.88. The molecule has 0 amide bonds. The summed E-state index contributed by atoms with van der Waals surface area (Å²) in [7, 11) is -1.01. The molecule has 3 aromatic rings. The maximum absolute atomic E-state index is 13.4. The van der Waals surface area contributed by atoms with Crippen molar-refractivity contribution >= 4 is 39.2 Å². The fraction of sp³-hybridized carbons (Fsp3) is 0.240. The number of carboxylic acids is 1. The van der Waals surface area contributed by atoms with Crippen LogP contribution in [-0.2, 0) is 23.1 Å². The van der Waals surface area contributed by atoms with E-state index in [0.29, 0.717) is 16.1 Å². The molecule has 2 atom stereocenters.